The van der Waals surface area contributed by atoms with E-state index in [1.807, 2.05) is 0 Å². The Kier molecular flexibility index (Phi) is 6.85. The molecule has 1 fully saturated rings. The quantitative estimate of drug-likeness (QED) is 0.645. The van der Waals surface area contributed by atoms with Crippen LogP contribution in [-0.4, -0.2) is 48.1 Å². The van der Waals surface area contributed by atoms with Crippen molar-refractivity contribution in [3.8, 4) is 5.75 Å². The van der Waals surface area contributed by atoms with Gasteiger partial charge in [-0.05, 0) is 43.7 Å². The first-order valence-electron chi connectivity index (χ1n) is 8.53. The number of carbonyl (C=O) groups excluding carboxylic acids is 1. The molecule has 1 amide bonds. The van der Waals surface area contributed by atoms with Gasteiger partial charge in [0, 0.05) is 12.7 Å². The number of sulfone groups is 1. The van der Waals surface area contributed by atoms with Crippen LogP contribution in [0.5, 0.6) is 5.75 Å². The number of aromatic nitrogens is 2. The molecule has 0 radical (unpaired) electrons. The van der Waals surface area contributed by atoms with Gasteiger partial charge < -0.3 is 15.7 Å². The van der Waals surface area contributed by atoms with Crippen molar-refractivity contribution in [1.29, 1.82) is 0 Å². The van der Waals surface area contributed by atoms with Crippen molar-refractivity contribution in [3.63, 3.8) is 0 Å². The lowest BCUT2D eigenvalue weighted by molar-refractivity contribution is 0.102. The standard InChI is InChI=1S/C17H22N4O4S.ClH/c1-2-26(24,25)13-5-6-16(22)15(10-13)19-17(23)14-7-9-21(20-14)12-4-3-8-18-11-12;/h5-7,9-10,12,18,22H,2-4,8,11H2,1H3,(H,19,23);1H. The number of aromatic hydroxyl groups is 1. The van der Waals surface area contributed by atoms with E-state index in [-0.39, 0.29) is 46.2 Å². The van der Waals surface area contributed by atoms with E-state index in [1.165, 1.54) is 25.1 Å². The zero-order valence-corrected chi connectivity index (χ0v) is 16.5. The third-order valence-electron chi connectivity index (χ3n) is 4.44. The number of hydrogen-bond donors (Lipinski definition) is 3. The molecule has 3 rings (SSSR count). The van der Waals surface area contributed by atoms with E-state index in [9.17, 15) is 18.3 Å². The van der Waals surface area contributed by atoms with Crippen molar-refractivity contribution in [2.75, 3.05) is 24.2 Å². The average molecular weight is 415 g/mol. The molecule has 1 atom stereocenters. The molecule has 1 saturated heterocycles. The predicted octanol–water partition coefficient (Wildman–Crippen LogP) is 1.98. The number of carbonyl (C=O) groups is 1. The molecule has 0 bridgehead atoms. The van der Waals surface area contributed by atoms with E-state index >= 15 is 0 Å². The molecule has 1 aromatic heterocycles. The summed E-state index contributed by atoms with van der Waals surface area (Å²) >= 11 is 0. The molecule has 1 aliphatic heterocycles. The van der Waals surface area contributed by atoms with Gasteiger partial charge in [0.25, 0.3) is 5.91 Å². The maximum absolute atomic E-state index is 12.4. The Labute approximate surface area is 164 Å². The third-order valence-corrected chi connectivity index (χ3v) is 6.17. The van der Waals surface area contributed by atoms with Gasteiger partial charge in [-0.2, -0.15) is 5.10 Å². The maximum Gasteiger partial charge on any atom is 0.276 e. The summed E-state index contributed by atoms with van der Waals surface area (Å²) in [5.74, 6) is -0.775. The number of amides is 1. The van der Waals surface area contributed by atoms with E-state index in [1.54, 1.807) is 16.9 Å². The smallest absolute Gasteiger partial charge is 0.276 e. The molecular formula is C17H23ClN4O4S. The number of anilines is 1. The zero-order chi connectivity index (χ0) is 18.7. The van der Waals surface area contributed by atoms with Crippen LogP contribution in [0.1, 0.15) is 36.3 Å². The highest BCUT2D eigenvalue weighted by Crippen LogP contribution is 2.27. The summed E-state index contributed by atoms with van der Waals surface area (Å²) in [4.78, 5) is 12.5. The van der Waals surface area contributed by atoms with Gasteiger partial charge in [0.15, 0.2) is 15.5 Å². The minimum Gasteiger partial charge on any atom is -0.506 e. The van der Waals surface area contributed by atoms with Crippen LogP contribution in [-0.2, 0) is 9.84 Å². The van der Waals surface area contributed by atoms with Crippen molar-refractivity contribution in [2.24, 2.45) is 0 Å². The molecule has 0 spiro atoms. The number of benzene rings is 1. The lowest BCUT2D eigenvalue weighted by Crippen LogP contribution is -2.32. The monoisotopic (exact) mass is 414 g/mol. The molecule has 1 aliphatic rings. The number of nitrogens with zero attached hydrogens (tertiary/aromatic N) is 2. The Morgan fingerprint density at radius 3 is 2.85 bits per heavy atom. The average Bonchev–Trinajstić information content (AvgIpc) is 3.14. The van der Waals surface area contributed by atoms with E-state index in [4.69, 9.17) is 0 Å². The highest BCUT2D eigenvalue weighted by Gasteiger charge is 2.19. The van der Waals surface area contributed by atoms with Crippen LogP contribution >= 0.6 is 12.4 Å². The molecule has 0 saturated carbocycles. The largest absolute Gasteiger partial charge is 0.506 e. The minimum atomic E-state index is -3.44. The summed E-state index contributed by atoms with van der Waals surface area (Å²) in [5.41, 5.74) is 0.247. The normalized spacial score (nSPS) is 17.1. The topological polar surface area (TPSA) is 113 Å². The Balaban J connectivity index is 0.00000261. The predicted molar refractivity (Wildman–Crippen MR) is 104 cm³/mol. The summed E-state index contributed by atoms with van der Waals surface area (Å²) < 4.78 is 25.7. The summed E-state index contributed by atoms with van der Waals surface area (Å²) in [7, 11) is -3.44. The first-order valence-corrected chi connectivity index (χ1v) is 10.2. The van der Waals surface area contributed by atoms with Crippen molar-refractivity contribution in [3.05, 3.63) is 36.2 Å². The maximum atomic E-state index is 12.4. The molecule has 0 aliphatic carbocycles. The molecule has 3 N–H and O–H groups in total. The number of phenolic OH excluding ortho intramolecular Hbond substituents is 1. The molecule has 10 heteroatoms. The Morgan fingerprint density at radius 1 is 1.41 bits per heavy atom. The van der Waals surface area contributed by atoms with Crippen molar-refractivity contribution in [2.45, 2.75) is 30.7 Å². The fraction of sp³-hybridized carbons (Fsp3) is 0.412. The number of nitrogens with one attached hydrogen (secondary N) is 2. The van der Waals surface area contributed by atoms with Gasteiger partial charge in [-0.1, -0.05) is 6.92 Å². The Hall–Kier alpha value is -2.10. The van der Waals surface area contributed by atoms with Gasteiger partial charge in [0.2, 0.25) is 0 Å². The van der Waals surface area contributed by atoms with E-state index in [0.717, 1.165) is 25.9 Å². The van der Waals surface area contributed by atoms with Crippen LogP contribution in [0, 0.1) is 0 Å². The van der Waals surface area contributed by atoms with Crippen LogP contribution < -0.4 is 10.6 Å². The van der Waals surface area contributed by atoms with E-state index in [2.05, 4.69) is 15.7 Å². The van der Waals surface area contributed by atoms with Gasteiger partial charge in [-0.3, -0.25) is 9.48 Å². The lowest BCUT2D eigenvalue weighted by Gasteiger charge is -2.22. The van der Waals surface area contributed by atoms with Crippen LogP contribution in [0.25, 0.3) is 0 Å². The fourth-order valence-corrected chi connectivity index (χ4v) is 3.79. The first kappa shape index (κ1) is 21.2. The molecule has 27 heavy (non-hydrogen) atoms. The molecule has 2 heterocycles. The second kappa shape index (κ2) is 8.73. The summed E-state index contributed by atoms with van der Waals surface area (Å²) in [6.07, 6.45) is 3.80. The highest BCUT2D eigenvalue weighted by molar-refractivity contribution is 7.91. The van der Waals surface area contributed by atoms with Crippen molar-refractivity contribution < 1.29 is 18.3 Å². The van der Waals surface area contributed by atoms with Gasteiger partial charge in [-0.25, -0.2) is 8.42 Å². The minimum absolute atomic E-state index is 0. The van der Waals surface area contributed by atoms with Crippen LogP contribution in [0.4, 0.5) is 5.69 Å². The summed E-state index contributed by atoms with van der Waals surface area (Å²) in [5, 5.41) is 20.1. The number of phenols is 1. The lowest BCUT2D eigenvalue weighted by atomic mass is 10.1. The number of rotatable bonds is 5. The van der Waals surface area contributed by atoms with Gasteiger partial charge >= 0.3 is 0 Å². The van der Waals surface area contributed by atoms with Crippen LogP contribution in [0.3, 0.4) is 0 Å². The summed E-state index contributed by atoms with van der Waals surface area (Å²) in [6, 6.07) is 5.64. The molecule has 148 valence electrons. The second-order valence-electron chi connectivity index (χ2n) is 6.22. The SMILES string of the molecule is CCS(=O)(=O)c1ccc(O)c(NC(=O)c2ccn(C3CCCNC3)n2)c1.Cl. The highest BCUT2D eigenvalue weighted by atomic mass is 35.5. The molecule has 1 unspecified atom stereocenters. The third kappa shape index (κ3) is 4.79. The molecule has 2 aromatic rings. The van der Waals surface area contributed by atoms with Gasteiger partial charge in [-0.15, -0.1) is 12.4 Å². The molecule has 8 nitrogen and oxygen atoms in total. The van der Waals surface area contributed by atoms with Crippen LogP contribution in [0.15, 0.2) is 35.4 Å². The van der Waals surface area contributed by atoms with Gasteiger partial charge in [0.1, 0.15) is 5.75 Å². The van der Waals surface area contributed by atoms with E-state index in [0.29, 0.717) is 0 Å². The summed E-state index contributed by atoms with van der Waals surface area (Å²) in [6.45, 7) is 3.33. The number of halogens is 1. The Bertz CT molecular complexity index is 907. The van der Waals surface area contributed by atoms with Crippen LogP contribution in [0.2, 0.25) is 0 Å². The van der Waals surface area contributed by atoms with Gasteiger partial charge in [0.05, 0.1) is 22.4 Å². The molecule has 1 aromatic carbocycles. The number of hydrogen-bond acceptors (Lipinski definition) is 6. The second-order valence-corrected chi connectivity index (χ2v) is 8.50. The van der Waals surface area contributed by atoms with Crippen molar-refractivity contribution >= 4 is 33.8 Å². The van der Waals surface area contributed by atoms with E-state index < -0.39 is 15.7 Å². The molecular weight excluding hydrogens is 392 g/mol. The first-order chi connectivity index (χ1) is 12.4. The zero-order valence-electron chi connectivity index (χ0n) is 14.9. The van der Waals surface area contributed by atoms with Crippen molar-refractivity contribution in [1.82, 2.24) is 15.1 Å². The Morgan fingerprint density at radius 2 is 2.19 bits per heavy atom. The fourth-order valence-electron chi connectivity index (χ4n) is 2.88. The number of piperidine rings is 1.